The van der Waals surface area contributed by atoms with Gasteiger partial charge in [-0.3, -0.25) is 14.9 Å². The zero-order chi connectivity index (χ0) is 15.6. The van der Waals surface area contributed by atoms with Crippen LogP contribution in [0.1, 0.15) is 35.3 Å². The van der Waals surface area contributed by atoms with Crippen molar-refractivity contribution in [3.8, 4) is 0 Å². The molecular formula is C16H14ClNO3. The number of nitro groups is 1. The van der Waals surface area contributed by atoms with Crippen LogP contribution in [-0.2, 0) is 5.54 Å². The summed E-state index contributed by atoms with van der Waals surface area (Å²) in [5.41, 5.74) is 0.392. The van der Waals surface area contributed by atoms with Gasteiger partial charge in [0.25, 0.3) is 0 Å². The van der Waals surface area contributed by atoms with Crippen molar-refractivity contribution in [2.45, 2.75) is 19.4 Å². The van der Waals surface area contributed by atoms with E-state index < -0.39 is 5.54 Å². The van der Waals surface area contributed by atoms with Crippen LogP contribution in [0.5, 0.6) is 0 Å². The van der Waals surface area contributed by atoms with E-state index >= 15 is 0 Å². The van der Waals surface area contributed by atoms with Gasteiger partial charge >= 0.3 is 0 Å². The van der Waals surface area contributed by atoms with Gasteiger partial charge in [0.2, 0.25) is 5.54 Å². The van der Waals surface area contributed by atoms with Gasteiger partial charge in [-0.1, -0.05) is 35.9 Å². The molecule has 0 aliphatic heterocycles. The maximum Gasteiger partial charge on any atom is 0.241 e. The molecular weight excluding hydrogens is 290 g/mol. The third kappa shape index (κ3) is 3.11. The molecule has 108 valence electrons. The molecule has 0 bridgehead atoms. The fraction of sp³-hybridized carbons (Fsp3) is 0.188. The van der Waals surface area contributed by atoms with E-state index in [1.54, 1.807) is 48.5 Å². The molecule has 0 saturated heterocycles. The van der Waals surface area contributed by atoms with E-state index in [-0.39, 0.29) is 10.7 Å². The van der Waals surface area contributed by atoms with Crippen molar-refractivity contribution in [1.82, 2.24) is 0 Å². The summed E-state index contributed by atoms with van der Waals surface area (Å²) in [6, 6.07) is 13.1. The molecule has 0 aromatic heterocycles. The summed E-state index contributed by atoms with van der Waals surface area (Å²) in [5, 5.41) is 11.6. The summed E-state index contributed by atoms with van der Waals surface area (Å²) in [6.07, 6.45) is 0. The molecule has 0 N–H and O–H groups in total. The lowest BCUT2D eigenvalue weighted by Crippen LogP contribution is -2.27. The van der Waals surface area contributed by atoms with Crippen LogP contribution in [-0.4, -0.2) is 10.7 Å². The molecule has 0 spiro atoms. The summed E-state index contributed by atoms with van der Waals surface area (Å²) in [7, 11) is 0. The van der Waals surface area contributed by atoms with Gasteiger partial charge in [-0.2, -0.15) is 0 Å². The molecule has 0 atom stereocenters. The first-order chi connectivity index (χ1) is 9.82. The van der Waals surface area contributed by atoms with Crippen LogP contribution in [0, 0.1) is 10.1 Å². The van der Waals surface area contributed by atoms with Crippen molar-refractivity contribution in [3.05, 3.63) is 80.4 Å². The van der Waals surface area contributed by atoms with Crippen molar-refractivity contribution in [3.63, 3.8) is 0 Å². The highest BCUT2D eigenvalue weighted by Gasteiger charge is 2.33. The monoisotopic (exact) mass is 303 g/mol. The molecule has 0 aliphatic rings. The molecule has 0 saturated carbocycles. The third-order valence-corrected chi connectivity index (χ3v) is 3.67. The minimum absolute atomic E-state index is 0.142. The molecule has 0 heterocycles. The van der Waals surface area contributed by atoms with Crippen LogP contribution >= 0.6 is 11.6 Å². The van der Waals surface area contributed by atoms with Gasteiger partial charge in [0.05, 0.1) is 0 Å². The van der Waals surface area contributed by atoms with Crippen LogP contribution in [0.4, 0.5) is 0 Å². The number of hydrogen-bond donors (Lipinski definition) is 0. The molecule has 5 heteroatoms. The summed E-state index contributed by atoms with van der Waals surface area (Å²) < 4.78 is 0. The van der Waals surface area contributed by atoms with E-state index in [9.17, 15) is 14.9 Å². The first kappa shape index (κ1) is 15.2. The Kier molecular flexibility index (Phi) is 4.09. The van der Waals surface area contributed by atoms with Crippen molar-refractivity contribution >= 4 is 17.4 Å². The van der Waals surface area contributed by atoms with Gasteiger partial charge in [-0.15, -0.1) is 0 Å². The van der Waals surface area contributed by atoms with Crippen LogP contribution in [0.3, 0.4) is 0 Å². The van der Waals surface area contributed by atoms with Gasteiger partial charge < -0.3 is 0 Å². The summed E-state index contributed by atoms with van der Waals surface area (Å²) in [5.74, 6) is -0.142. The lowest BCUT2D eigenvalue weighted by atomic mass is 9.93. The predicted octanol–water partition coefficient (Wildman–Crippen LogP) is 4.08. The number of hydrogen-bond acceptors (Lipinski definition) is 3. The Balaban J connectivity index is 2.29. The van der Waals surface area contributed by atoms with Gasteiger partial charge in [0, 0.05) is 40.5 Å². The van der Waals surface area contributed by atoms with Gasteiger partial charge in [-0.05, 0) is 24.3 Å². The third-order valence-electron chi connectivity index (χ3n) is 3.42. The molecule has 2 aromatic carbocycles. The van der Waals surface area contributed by atoms with E-state index in [0.29, 0.717) is 21.7 Å². The highest BCUT2D eigenvalue weighted by atomic mass is 35.5. The summed E-state index contributed by atoms with van der Waals surface area (Å²) in [6.45, 7) is 3.06. The Morgan fingerprint density at radius 3 is 1.86 bits per heavy atom. The number of halogens is 1. The first-order valence-electron chi connectivity index (χ1n) is 6.37. The fourth-order valence-corrected chi connectivity index (χ4v) is 2.03. The number of ketones is 1. The quantitative estimate of drug-likeness (QED) is 0.485. The lowest BCUT2D eigenvalue weighted by Gasteiger charge is -2.16. The lowest BCUT2D eigenvalue weighted by molar-refractivity contribution is -0.569. The normalized spacial score (nSPS) is 11.2. The van der Waals surface area contributed by atoms with E-state index in [4.69, 9.17) is 11.6 Å². The molecule has 0 fully saturated rings. The molecule has 2 rings (SSSR count). The van der Waals surface area contributed by atoms with Crippen molar-refractivity contribution in [2.75, 3.05) is 0 Å². The number of benzene rings is 2. The van der Waals surface area contributed by atoms with Crippen LogP contribution in [0.25, 0.3) is 0 Å². The first-order valence-corrected chi connectivity index (χ1v) is 6.75. The van der Waals surface area contributed by atoms with Gasteiger partial charge in [-0.25, -0.2) is 0 Å². The Bertz CT molecular complexity index is 676. The second-order valence-corrected chi connectivity index (χ2v) is 5.67. The van der Waals surface area contributed by atoms with Crippen molar-refractivity contribution in [2.24, 2.45) is 0 Å². The van der Waals surface area contributed by atoms with E-state index in [0.717, 1.165) is 0 Å². The summed E-state index contributed by atoms with van der Waals surface area (Å²) in [4.78, 5) is 23.0. The average Bonchev–Trinajstić information content (AvgIpc) is 2.47. The molecule has 21 heavy (non-hydrogen) atoms. The molecule has 2 aromatic rings. The standard InChI is InChI=1S/C16H14ClNO3/c1-16(2,18(20)21)13-7-3-11(4-8-13)15(19)12-5-9-14(17)10-6-12/h3-10H,1-2H3. The van der Waals surface area contributed by atoms with E-state index in [1.807, 2.05) is 0 Å². The minimum atomic E-state index is -1.18. The highest BCUT2D eigenvalue weighted by Crippen LogP contribution is 2.24. The van der Waals surface area contributed by atoms with E-state index in [1.165, 1.54) is 13.8 Å². The maximum atomic E-state index is 12.3. The SMILES string of the molecule is CC(C)(c1ccc(C(=O)c2ccc(Cl)cc2)cc1)[N+](=O)[O-]. The zero-order valence-electron chi connectivity index (χ0n) is 11.7. The highest BCUT2D eigenvalue weighted by molar-refractivity contribution is 6.30. The molecule has 0 aliphatic carbocycles. The Hall–Kier alpha value is -2.20. The van der Waals surface area contributed by atoms with Crippen LogP contribution < -0.4 is 0 Å². The van der Waals surface area contributed by atoms with Crippen molar-refractivity contribution in [1.29, 1.82) is 0 Å². The average molecular weight is 304 g/mol. The molecule has 0 radical (unpaired) electrons. The number of nitrogens with zero attached hydrogens (tertiary/aromatic N) is 1. The predicted molar refractivity (Wildman–Crippen MR) is 81.3 cm³/mol. The van der Waals surface area contributed by atoms with Crippen LogP contribution in [0.2, 0.25) is 5.02 Å². The number of carbonyl (C=O) groups is 1. The Morgan fingerprint density at radius 2 is 1.43 bits per heavy atom. The Labute approximate surface area is 127 Å². The zero-order valence-corrected chi connectivity index (χ0v) is 12.4. The van der Waals surface area contributed by atoms with Crippen LogP contribution in [0.15, 0.2) is 48.5 Å². The van der Waals surface area contributed by atoms with Gasteiger partial charge in [0.15, 0.2) is 5.78 Å². The molecule has 0 unspecified atom stereocenters. The number of rotatable bonds is 4. The molecule has 0 amide bonds. The van der Waals surface area contributed by atoms with Crippen molar-refractivity contribution < 1.29 is 9.72 Å². The summed E-state index contributed by atoms with van der Waals surface area (Å²) >= 11 is 5.79. The minimum Gasteiger partial charge on any atom is -0.289 e. The fourth-order valence-electron chi connectivity index (χ4n) is 1.90. The van der Waals surface area contributed by atoms with Gasteiger partial charge in [0.1, 0.15) is 0 Å². The maximum absolute atomic E-state index is 12.3. The number of carbonyl (C=O) groups excluding carboxylic acids is 1. The topological polar surface area (TPSA) is 60.2 Å². The second-order valence-electron chi connectivity index (χ2n) is 5.23. The Morgan fingerprint density at radius 1 is 1.00 bits per heavy atom. The largest absolute Gasteiger partial charge is 0.289 e. The second kappa shape index (κ2) is 5.66. The van der Waals surface area contributed by atoms with E-state index in [2.05, 4.69) is 0 Å². The molecule has 4 nitrogen and oxygen atoms in total. The smallest absolute Gasteiger partial charge is 0.241 e.